The average molecular weight is 341 g/mol. The molecule has 114 valence electrons. The Labute approximate surface area is 133 Å². The standard InChI is InChI=1S/C17H29BrN2/c1-6-10-19-14(4)16-8-7-15(18)12-17(16)20(5)11-9-13(2)3/h7-8,12-14,19H,6,9-11H2,1-5H3. The number of halogens is 1. The molecule has 0 amide bonds. The van der Waals surface area contributed by atoms with Crippen molar-refractivity contribution in [2.75, 3.05) is 25.0 Å². The molecule has 0 bridgehead atoms. The Morgan fingerprint density at radius 2 is 1.95 bits per heavy atom. The van der Waals surface area contributed by atoms with Gasteiger partial charge in [-0.05, 0) is 49.9 Å². The van der Waals surface area contributed by atoms with Gasteiger partial charge in [-0.15, -0.1) is 0 Å². The van der Waals surface area contributed by atoms with Crippen molar-refractivity contribution in [3.8, 4) is 0 Å². The first-order valence-electron chi connectivity index (χ1n) is 7.69. The molecule has 0 radical (unpaired) electrons. The lowest BCUT2D eigenvalue weighted by atomic mass is 10.0. The van der Waals surface area contributed by atoms with Crippen molar-refractivity contribution >= 4 is 21.6 Å². The highest BCUT2D eigenvalue weighted by atomic mass is 79.9. The number of rotatable bonds is 8. The normalized spacial score (nSPS) is 12.8. The maximum atomic E-state index is 3.60. The molecule has 0 saturated carbocycles. The number of hydrogen-bond donors (Lipinski definition) is 1. The van der Waals surface area contributed by atoms with Crippen LogP contribution in [-0.4, -0.2) is 20.1 Å². The zero-order valence-corrected chi connectivity index (χ0v) is 15.1. The molecule has 20 heavy (non-hydrogen) atoms. The molecule has 0 saturated heterocycles. The second-order valence-corrected chi connectivity index (χ2v) is 6.90. The van der Waals surface area contributed by atoms with Crippen LogP contribution < -0.4 is 10.2 Å². The lowest BCUT2D eigenvalue weighted by Gasteiger charge is -2.26. The monoisotopic (exact) mass is 340 g/mol. The largest absolute Gasteiger partial charge is 0.374 e. The smallest absolute Gasteiger partial charge is 0.0423 e. The molecule has 0 heterocycles. The van der Waals surface area contributed by atoms with E-state index in [1.54, 1.807) is 0 Å². The van der Waals surface area contributed by atoms with Crippen molar-refractivity contribution in [1.29, 1.82) is 0 Å². The molecule has 0 aliphatic rings. The van der Waals surface area contributed by atoms with Gasteiger partial charge in [-0.25, -0.2) is 0 Å². The summed E-state index contributed by atoms with van der Waals surface area (Å²) in [6.45, 7) is 11.2. The minimum Gasteiger partial charge on any atom is -0.374 e. The molecule has 1 N–H and O–H groups in total. The molecule has 1 rings (SSSR count). The molecule has 1 aromatic carbocycles. The van der Waals surface area contributed by atoms with Crippen LogP contribution >= 0.6 is 15.9 Å². The van der Waals surface area contributed by atoms with Crippen LogP contribution in [0, 0.1) is 5.92 Å². The lowest BCUT2D eigenvalue weighted by Crippen LogP contribution is -2.25. The highest BCUT2D eigenvalue weighted by molar-refractivity contribution is 9.10. The third-order valence-corrected chi connectivity index (χ3v) is 4.11. The van der Waals surface area contributed by atoms with E-state index in [1.165, 1.54) is 24.1 Å². The van der Waals surface area contributed by atoms with Gasteiger partial charge in [0.25, 0.3) is 0 Å². The molecule has 0 spiro atoms. The van der Waals surface area contributed by atoms with E-state index >= 15 is 0 Å². The predicted molar refractivity (Wildman–Crippen MR) is 93.6 cm³/mol. The molecular weight excluding hydrogens is 312 g/mol. The fraction of sp³-hybridized carbons (Fsp3) is 0.647. The van der Waals surface area contributed by atoms with Crippen LogP contribution in [0.3, 0.4) is 0 Å². The van der Waals surface area contributed by atoms with Gasteiger partial charge in [-0.1, -0.05) is 42.8 Å². The molecule has 1 atom stereocenters. The zero-order chi connectivity index (χ0) is 15.1. The van der Waals surface area contributed by atoms with E-state index in [0.717, 1.165) is 23.5 Å². The van der Waals surface area contributed by atoms with E-state index in [2.05, 4.69) is 79.1 Å². The number of anilines is 1. The Balaban J connectivity index is 2.88. The van der Waals surface area contributed by atoms with E-state index in [9.17, 15) is 0 Å². The second kappa shape index (κ2) is 8.68. The van der Waals surface area contributed by atoms with Crippen LogP contribution in [0.15, 0.2) is 22.7 Å². The summed E-state index contributed by atoms with van der Waals surface area (Å²) in [5, 5.41) is 3.59. The van der Waals surface area contributed by atoms with Crippen LogP contribution in [0.4, 0.5) is 5.69 Å². The van der Waals surface area contributed by atoms with Crippen molar-refractivity contribution in [2.24, 2.45) is 5.92 Å². The van der Waals surface area contributed by atoms with E-state index in [0.29, 0.717) is 6.04 Å². The SMILES string of the molecule is CCCNC(C)c1ccc(Br)cc1N(C)CCC(C)C. The molecule has 0 aromatic heterocycles. The van der Waals surface area contributed by atoms with Crippen LogP contribution in [0.2, 0.25) is 0 Å². The molecule has 2 nitrogen and oxygen atoms in total. The summed E-state index contributed by atoms with van der Waals surface area (Å²) in [5.74, 6) is 0.740. The van der Waals surface area contributed by atoms with Crippen molar-refractivity contribution in [1.82, 2.24) is 5.32 Å². The number of nitrogens with zero attached hydrogens (tertiary/aromatic N) is 1. The molecule has 3 heteroatoms. The van der Waals surface area contributed by atoms with Gasteiger partial charge in [0.05, 0.1) is 0 Å². The van der Waals surface area contributed by atoms with E-state index in [4.69, 9.17) is 0 Å². The summed E-state index contributed by atoms with van der Waals surface area (Å²) in [4.78, 5) is 2.38. The van der Waals surface area contributed by atoms with Gasteiger partial charge in [0.1, 0.15) is 0 Å². The molecule has 1 aromatic rings. The third-order valence-electron chi connectivity index (χ3n) is 3.61. The van der Waals surface area contributed by atoms with Gasteiger partial charge in [-0.2, -0.15) is 0 Å². The Morgan fingerprint density at radius 3 is 2.55 bits per heavy atom. The zero-order valence-electron chi connectivity index (χ0n) is 13.5. The van der Waals surface area contributed by atoms with Crippen molar-refractivity contribution < 1.29 is 0 Å². The molecule has 0 aliphatic carbocycles. The van der Waals surface area contributed by atoms with Crippen LogP contribution in [0.5, 0.6) is 0 Å². The minimum atomic E-state index is 0.388. The summed E-state index contributed by atoms with van der Waals surface area (Å²) in [6, 6.07) is 7.00. The van der Waals surface area contributed by atoms with Gasteiger partial charge in [0, 0.05) is 29.8 Å². The number of benzene rings is 1. The first-order valence-corrected chi connectivity index (χ1v) is 8.49. The van der Waals surface area contributed by atoms with E-state index in [-0.39, 0.29) is 0 Å². The Bertz CT molecular complexity index is 404. The quantitative estimate of drug-likeness (QED) is 0.716. The van der Waals surface area contributed by atoms with E-state index < -0.39 is 0 Å². The third kappa shape index (κ3) is 5.45. The maximum Gasteiger partial charge on any atom is 0.0423 e. The van der Waals surface area contributed by atoms with Gasteiger partial charge < -0.3 is 10.2 Å². The fourth-order valence-corrected chi connectivity index (χ4v) is 2.61. The van der Waals surface area contributed by atoms with Crippen LogP contribution in [-0.2, 0) is 0 Å². The van der Waals surface area contributed by atoms with Crippen LogP contribution in [0.1, 0.15) is 52.1 Å². The molecule has 0 aliphatic heterocycles. The maximum absolute atomic E-state index is 3.60. The number of hydrogen-bond acceptors (Lipinski definition) is 2. The fourth-order valence-electron chi connectivity index (χ4n) is 2.26. The Hall–Kier alpha value is -0.540. The number of nitrogens with one attached hydrogen (secondary N) is 1. The predicted octanol–water partition coefficient (Wildman–Crippen LogP) is 4.99. The van der Waals surface area contributed by atoms with Gasteiger partial charge in [0.15, 0.2) is 0 Å². The summed E-state index contributed by atoms with van der Waals surface area (Å²) < 4.78 is 1.15. The molecule has 1 unspecified atom stereocenters. The van der Waals surface area contributed by atoms with Crippen molar-refractivity contribution in [3.05, 3.63) is 28.2 Å². The topological polar surface area (TPSA) is 15.3 Å². The van der Waals surface area contributed by atoms with Crippen molar-refractivity contribution in [2.45, 2.75) is 46.6 Å². The highest BCUT2D eigenvalue weighted by Crippen LogP contribution is 2.29. The first-order chi connectivity index (χ1) is 9.45. The first kappa shape index (κ1) is 17.5. The molecular formula is C17H29BrN2. The van der Waals surface area contributed by atoms with Gasteiger partial charge in [-0.3, -0.25) is 0 Å². The summed E-state index contributed by atoms with van der Waals surface area (Å²) in [7, 11) is 2.19. The molecule has 0 fully saturated rings. The summed E-state index contributed by atoms with van der Waals surface area (Å²) in [5.41, 5.74) is 2.71. The summed E-state index contributed by atoms with van der Waals surface area (Å²) >= 11 is 3.60. The van der Waals surface area contributed by atoms with Crippen molar-refractivity contribution in [3.63, 3.8) is 0 Å². The van der Waals surface area contributed by atoms with Gasteiger partial charge in [0.2, 0.25) is 0 Å². The highest BCUT2D eigenvalue weighted by Gasteiger charge is 2.13. The van der Waals surface area contributed by atoms with Gasteiger partial charge >= 0.3 is 0 Å². The van der Waals surface area contributed by atoms with E-state index in [1.807, 2.05) is 0 Å². The minimum absolute atomic E-state index is 0.388. The lowest BCUT2D eigenvalue weighted by molar-refractivity contribution is 0.563. The average Bonchev–Trinajstić information content (AvgIpc) is 2.41. The summed E-state index contributed by atoms with van der Waals surface area (Å²) in [6.07, 6.45) is 2.39. The second-order valence-electron chi connectivity index (χ2n) is 5.98. The Kier molecular flexibility index (Phi) is 7.60. The van der Waals surface area contributed by atoms with Crippen LogP contribution in [0.25, 0.3) is 0 Å². The Morgan fingerprint density at radius 1 is 1.25 bits per heavy atom.